The highest BCUT2D eigenvalue weighted by Crippen LogP contribution is 2.22. The Morgan fingerprint density at radius 1 is 1.41 bits per heavy atom. The van der Waals surface area contributed by atoms with Crippen LogP contribution in [0.3, 0.4) is 0 Å². The molecule has 0 saturated heterocycles. The summed E-state index contributed by atoms with van der Waals surface area (Å²) in [6, 6.07) is 4.74. The van der Waals surface area contributed by atoms with Gasteiger partial charge in [0.05, 0.1) is 24.2 Å². The van der Waals surface area contributed by atoms with Gasteiger partial charge in [-0.1, -0.05) is 6.07 Å². The van der Waals surface area contributed by atoms with E-state index in [2.05, 4.69) is 10.4 Å². The number of amides is 1. The second kappa shape index (κ2) is 6.05. The zero-order chi connectivity index (χ0) is 16.3. The van der Waals surface area contributed by atoms with Crippen molar-refractivity contribution in [1.29, 1.82) is 0 Å². The van der Waals surface area contributed by atoms with Crippen molar-refractivity contribution in [2.24, 2.45) is 0 Å². The number of carbonyl (C=O) groups excluding carboxylic acids is 1. The summed E-state index contributed by atoms with van der Waals surface area (Å²) in [7, 11) is 0. The minimum absolute atomic E-state index is 0.254. The molecule has 0 aromatic carbocycles. The lowest BCUT2D eigenvalue weighted by Crippen LogP contribution is -2.35. The molecule has 0 aliphatic carbocycles. The van der Waals surface area contributed by atoms with Crippen LogP contribution < -0.4 is 5.32 Å². The van der Waals surface area contributed by atoms with Crippen LogP contribution in [0, 0.1) is 0 Å². The molecule has 0 unspecified atom stereocenters. The predicted octanol–water partition coefficient (Wildman–Crippen LogP) is 2.37. The lowest BCUT2D eigenvalue weighted by molar-refractivity contribution is -0.137. The first-order valence-electron chi connectivity index (χ1n) is 6.90. The Labute approximate surface area is 127 Å². The number of hydrogen-bond donors (Lipinski definition) is 2. The van der Waals surface area contributed by atoms with Crippen molar-refractivity contribution in [3.05, 3.63) is 36.2 Å². The summed E-state index contributed by atoms with van der Waals surface area (Å²) < 4.78 is 6.82. The van der Waals surface area contributed by atoms with E-state index in [-0.39, 0.29) is 6.42 Å². The Morgan fingerprint density at radius 2 is 2.14 bits per heavy atom. The monoisotopic (exact) mass is 305 g/mol. The number of hydrogen-bond acceptors (Lipinski definition) is 4. The third-order valence-corrected chi connectivity index (χ3v) is 2.90. The van der Waals surface area contributed by atoms with Gasteiger partial charge in [0, 0.05) is 11.8 Å². The molecule has 0 radical (unpaired) electrons. The van der Waals surface area contributed by atoms with Gasteiger partial charge < -0.3 is 15.2 Å². The van der Waals surface area contributed by atoms with E-state index in [1.807, 2.05) is 18.2 Å². The second-order valence-corrected chi connectivity index (χ2v) is 5.93. The van der Waals surface area contributed by atoms with E-state index in [1.54, 1.807) is 37.7 Å². The topological polar surface area (TPSA) is 92.9 Å². The van der Waals surface area contributed by atoms with E-state index in [0.29, 0.717) is 5.56 Å². The molecule has 0 spiro atoms. The molecule has 118 valence electrons. The van der Waals surface area contributed by atoms with Crippen molar-refractivity contribution in [2.75, 3.05) is 0 Å². The summed E-state index contributed by atoms with van der Waals surface area (Å²) >= 11 is 0. The molecule has 2 N–H and O–H groups in total. The van der Waals surface area contributed by atoms with Crippen molar-refractivity contribution in [3.63, 3.8) is 0 Å². The minimum atomic E-state index is -1.02. The molecule has 2 aromatic rings. The Bertz CT molecular complexity index is 687. The largest absolute Gasteiger partial charge is 0.481 e. The van der Waals surface area contributed by atoms with Crippen molar-refractivity contribution in [1.82, 2.24) is 14.9 Å². The number of rotatable bonds is 4. The SMILES string of the molecule is CC(C)(C)OC(=O)N[C@@H](CC(=O)O)c1cnn2ccccc12. The van der Waals surface area contributed by atoms with Crippen LogP contribution in [-0.4, -0.2) is 32.4 Å². The molecule has 1 amide bonds. The van der Waals surface area contributed by atoms with Crippen molar-refractivity contribution >= 4 is 17.6 Å². The van der Waals surface area contributed by atoms with Crippen LogP contribution in [-0.2, 0) is 9.53 Å². The van der Waals surface area contributed by atoms with E-state index in [0.717, 1.165) is 5.52 Å². The lowest BCUT2D eigenvalue weighted by Gasteiger charge is -2.22. The molecule has 2 heterocycles. The zero-order valence-electron chi connectivity index (χ0n) is 12.7. The molecule has 0 aliphatic rings. The number of carboxylic acids is 1. The van der Waals surface area contributed by atoms with Gasteiger partial charge in [0.1, 0.15) is 5.60 Å². The number of nitrogens with one attached hydrogen (secondary N) is 1. The fraction of sp³-hybridized carbons (Fsp3) is 0.400. The molecule has 0 aliphatic heterocycles. The molecular weight excluding hydrogens is 286 g/mol. The van der Waals surface area contributed by atoms with Gasteiger partial charge in [0.15, 0.2) is 0 Å². The van der Waals surface area contributed by atoms with Crippen molar-refractivity contribution < 1.29 is 19.4 Å². The third kappa shape index (κ3) is 3.97. The van der Waals surface area contributed by atoms with E-state index in [9.17, 15) is 9.59 Å². The molecule has 0 bridgehead atoms. The second-order valence-electron chi connectivity index (χ2n) is 5.93. The van der Waals surface area contributed by atoms with E-state index in [4.69, 9.17) is 9.84 Å². The standard InChI is InChI=1S/C15H19N3O4/c1-15(2,3)22-14(21)17-11(8-13(19)20)10-9-16-18-7-5-4-6-12(10)18/h4-7,9,11H,8H2,1-3H3,(H,17,21)(H,19,20)/t11-/m0/s1. The third-order valence-electron chi connectivity index (χ3n) is 2.90. The summed E-state index contributed by atoms with van der Waals surface area (Å²) in [4.78, 5) is 23.0. The number of aromatic nitrogens is 2. The number of aliphatic carboxylic acids is 1. The number of fused-ring (bicyclic) bond motifs is 1. The smallest absolute Gasteiger partial charge is 0.408 e. The highest BCUT2D eigenvalue weighted by atomic mass is 16.6. The van der Waals surface area contributed by atoms with Crippen LogP contribution in [0.5, 0.6) is 0 Å². The molecule has 1 atom stereocenters. The van der Waals surface area contributed by atoms with E-state index < -0.39 is 23.7 Å². The van der Waals surface area contributed by atoms with Crippen LogP contribution in [0.25, 0.3) is 5.52 Å². The first-order chi connectivity index (χ1) is 10.3. The fourth-order valence-corrected chi connectivity index (χ4v) is 2.09. The maximum Gasteiger partial charge on any atom is 0.408 e. The van der Waals surface area contributed by atoms with E-state index >= 15 is 0 Å². The van der Waals surface area contributed by atoms with Gasteiger partial charge in [-0.05, 0) is 32.9 Å². The first-order valence-corrected chi connectivity index (χ1v) is 6.90. The highest BCUT2D eigenvalue weighted by molar-refractivity contribution is 5.73. The molecule has 7 heteroatoms. The molecular formula is C15H19N3O4. The Morgan fingerprint density at radius 3 is 2.77 bits per heavy atom. The number of pyridine rings is 1. The van der Waals surface area contributed by atoms with Crippen LogP contribution in [0.4, 0.5) is 4.79 Å². The summed E-state index contributed by atoms with van der Waals surface area (Å²) in [6.07, 6.45) is 2.40. The number of ether oxygens (including phenoxy) is 1. The predicted molar refractivity (Wildman–Crippen MR) is 79.6 cm³/mol. The van der Waals surface area contributed by atoms with Crippen LogP contribution >= 0.6 is 0 Å². The highest BCUT2D eigenvalue weighted by Gasteiger charge is 2.24. The molecule has 7 nitrogen and oxygen atoms in total. The number of alkyl carbamates (subject to hydrolysis) is 1. The van der Waals surface area contributed by atoms with Gasteiger partial charge in [-0.15, -0.1) is 0 Å². The normalized spacial score (nSPS) is 12.9. The Hall–Kier alpha value is -2.57. The van der Waals surface area contributed by atoms with Gasteiger partial charge >= 0.3 is 12.1 Å². The van der Waals surface area contributed by atoms with Gasteiger partial charge in [-0.2, -0.15) is 5.10 Å². The summed E-state index contributed by atoms with van der Waals surface area (Å²) in [5, 5.41) is 15.8. The molecule has 22 heavy (non-hydrogen) atoms. The number of nitrogens with zero attached hydrogens (tertiary/aromatic N) is 2. The van der Waals surface area contributed by atoms with Gasteiger partial charge in [0.25, 0.3) is 0 Å². The van der Waals surface area contributed by atoms with Crippen LogP contribution in [0.2, 0.25) is 0 Å². The molecule has 2 rings (SSSR count). The van der Waals surface area contributed by atoms with E-state index in [1.165, 1.54) is 0 Å². The zero-order valence-corrected chi connectivity index (χ0v) is 12.7. The van der Waals surface area contributed by atoms with Gasteiger partial charge in [-0.25, -0.2) is 9.31 Å². The first kappa shape index (κ1) is 15.8. The van der Waals surface area contributed by atoms with Gasteiger partial charge in [0.2, 0.25) is 0 Å². The summed E-state index contributed by atoms with van der Waals surface area (Å²) in [6.45, 7) is 5.23. The summed E-state index contributed by atoms with van der Waals surface area (Å²) in [5.41, 5.74) is 0.720. The Kier molecular flexibility index (Phi) is 4.35. The summed E-state index contributed by atoms with van der Waals surface area (Å²) in [5.74, 6) is -1.02. The molecule has 2 aromatic heterocycles. The van der Waals surface area contributed by atoms with Crippen LogP contribution in [0.1, 0.15) is 38.8 Å². The maximum absolute atomic E-state index is 11.9. The fourth-order valence-electron chi connectivity index (χ4n) is 2.09. The average Bonchev–Trinajstić information content (AvgIpc) is 2.78. The number of carbonyl (C=O) groups is 2. The van der Waals surface area contributed by atoms with Crippen molar-refractivity contribution in [3.8, 4) is 0 Å². The van der Waals surface area contributed by atoms with Gasteiger partial charge in [-0.3, -0.25) is 4.79 Å². The quantitative estimate of drug-likeness (QED) is 0.904. The number of carboxylic acid groups (broad SMARTS) is 1. The Balaban J connectivity index is 2.26. The maximum atomic E-state index is 11.9. The minimum Gasteiger partial charge on any atom is -0.481 e. The van der Waals surface area contributed by atoms with Crippen LogP contribution in [0.15, 0.2) is 30.6 Å². The van der Waals surface area contributed by atoms with Crippen molar-refractivity contribution in [2.45, 2.75) is 38.8 Å². The molecule has 0 saturated carbocycles. The average molecular weight is 305 g/mol. The molecule has 0 fully saturated rings. The lowest BCUT2D eigenvalue weighted by atomic mass is 10.1.